The van der Waals surface area contributed by atoms with Crippen molar-refractivity contribution in [3.05, 3.63) is 51.7 Å². The molecule has 33 nitrogen and oxygen atoms in total. The first kappa shape index (κ1) is 93.1. The summed E-state index contributed by atoms with van der Waals surface area (Å²) in [6.07, 6.45) is 0.589. The highest BCUT2D eigenvalue weighted by atomic mass is 16.6. The smallest absolute Gasteiger partial charge is 0.329 e. The Morgan fingerprint density at radius 3 is 1.69 bits per heavy atom. The number of aliphatic hydroxyl groups is 1. The Balaban J connectivity index is 2.01. The molecule has 0 aliphatic carbocycles. The van der Waals surface area contributed by atoms with Crippen LogP contribution in [0, 0.1) is 57.5 Å². The molecule has 3 rings (SSSR count). The van der Waals surface area contributed by atoms with Gasteiger partial charge in [0, 0.05) is 31.5 Å². The maximum absolute atomic E-state index is 15.1. The summed E-state index contributed by atoms with van der Waals surface area (Å²) in [5.41, 5.74) is 5.71. The molecule has 0 saturated carbocycles. The summed E-state index contributed by atoms with van der Waals surface area (Å²) >= 11 is 0. The average Bonchev–Trinajstić information content (AvgIpc) is 1.54. The van der Waals surface area contributed by atoms with Crippen LogP contribution in [0.3, 0.4) is 0 Å². The number of non-ortho nitro benzene ring substituents is 1. The van der Waals surface area contributed by atoms with Gasteiger partial charge in [-0.1, -0.05) is 148 Å². The number of rotatable bonds is 34. The number of esters is 1. The van der Waals surface area contributed by atoms with E-state index in [-0.39, 0.29) is 81.2 Å². The van der Waals surface area contributed by atoms with E-state index in [1.165, 1.54) is 56.0 Å². The molecule has 0 bridgehead atoms. The molecule has 13 amide bonds. The number of nitro groups is 1. The molecule has 2 heterocycles. The number of carbonyl (C=O) groups is 14. The summed E-state index contributed by atoms with van der Waals surface area (Å²) in [4.78, 5) is 213. The number of hydrogen-bond donors (Lipinski definition) is 14. The molecule has 0 spiro atoms. The minimum absolute atomic E-state index is 0.0528. The predicted octanol–water partition coefficient (Wildman–Crippen LogP) is 1.74. The summed E-state index contributed by atoms with van der Waals surface area (Å²) in [5, 5.41) is 54.3. The van der Waals surface area contributed by atoms with Gasteiger partial charge in [0.15, 0.2) is 0 Å². The maximum Gasteiger partial charge on any atom is 0.329 e. The van der Waals surface area contributed by atoms with E-state index in [1.807, 2.05) is 13.8 Å². The fraction of sp³-hybridized carbons (Fsp3) is 0.707. The summed E-state index contributed by atoms with van der Waals surface area (Å²) in [5.74, 6) is -16.0. The normalized spacial score (nSPS) is 22.5. The number of aliphatic hydroxyl groups excluding tert-OH is 1. The number of carbonyl (C=O) groups excluding carboxylic acids is 14. The number of ether oxygens (including phenoxy) is 1. The lowest BCUT2D eigenvalue weighted by Crippen LogP contribution is -2.64. The number of hydrogen-bond acceptors (Lipinski definition) is 19. The molecular weight excluding hydrogens is 1400 g/mol. The number of nitrogens with zero attached hydrogens (tertiary/aromatic N) is 2. The second-order valence-electron chi connectivity index (χ2n) is 30.4. The molecule has 2 aliphatic rings. The van der Waals surface area contributed by atoms with Gasteiger partial charge in [-0.15, -0.1) is 0 Å². The molecule has 0 aromatic heterocycles. The van der Waals surface area contributed by atoms with Crippen LogP contribution in [0.15, 0.2) is 36.0 Å². The number of likely N-dealkylation sites (tertiary alicyclic amines) is 1. The number of nitrogens with one attached hydrogen (secondary N) is 12. The minimum Gasteiger partial charge on any atom is -0.458 e. The first-order valence-corrected chi connectivity index (χ1v) is 38.0. The van der Waals surface area contributed by atoms with Gasteiger partial charge in [-0.25, -0.2) is 4.79 Å². The van der Waals surface area contributed by atoms with E-state index in [0.29, 0.717) is 18.4 Å². The van der Waals surface area contributed by atoms with Gasteiger partial charge in [-0.3, -0.25) is 72.4 Å². The van der Waals surface area contributed by atoms with Crippen molar-refractivity contribution < 1.29 is 81.9 Å². The highest BCUT2D eigenvalue weighted by Gasteiger charge is 2.45. The second-order valence-corrected chi connectivity index (χ2v) is 30.4. The Morgan fingerprint density at radius 1 is 0.639 bits per heavy atom. The van der Waals surface area contributed by atoms with Crippen molar-refractivity contribution in [2.45, 2.75) is 280 Å². The lowest BCUT2D eigenvalue weighted by molar-refractivity contribution is -0.384. The van der Waals surface area contributed by atoms with Crippen molar-refractivity contribution in [1.29, 1.82) is 0 Å². The third-order valence-electron chi connectivity index (χ3n) is 19.9. The highest BCUT2D eigenvalue weighted by molar-refractivity contribution is 6.03. The van der Waals surface area contributed by atoms with Crippen LogP contribution in [0.4, 0.5) is 5.69 Å². The van der Waals surface area contributed by atoms with Gasteiger partial charge in [-0.2, -0.15) is 0 Å². The second kappa shape index (κ2) is 44.4. The number of nitrogens with two attached hydrogens (primary N) is 1. The molecule has 33 heteroatoms. The van der Waals surface area contributed by atoms with Crippen LogP contribution in [0.5, 0.6) is 0 Å². The Morgan fingerprint density at radius 2 is 1.18 bits per heavy atom. The van der Waals surface area contributed by atoms with Crippen molar-refractivity contribution in [2.75, 3.05) is 13.1 Å². The SMILES string of the molecule is C/C=C1\NC(=O)[C@H](Cc2ccc([N+](=O)[O-])cc2)NC(=O)[C@@H](C(C)C)NC(=O)[C@@H]([C@@H](C)CC)NC(=O)[C@H](NC(=O)[C@H](NC(=O)[C@H](CCCN)NC(=O)[C@H]2CCCN2C(=O)[C@H](NC(=O)[C@@H](NC(=O)[C@@H](NC(=O)[C@H](NC(=O)CC[C@@H](C)CC)C(C)C)[C@@H](C)O)C(C)C)C(C)C)[C@@H](C)CC)[C@@H](C)OC(=O)[C@H](C(C)C)NC1=O. The molecule has 2 fully saturated rings. The third-order valence-corrected chi connectivity index (χ3v) is 19.9. The number of allylic oxidation sites excluding steroid dienone is 1. The molecule has 15 N–H and O–H groups in total. The zero-order valence-corrected chi connectivity index (χ0v) is 66.4. The maximum atomic E-state index is 15.1. The molecule has 108 heavy (non-hydrogen) atoms. The zero-order valence-electron chi connectivity index (χ0n) is 66.4. The first-order chi connectivity index (χ1) is 50.6. The van der Waals surface area contributed by atoms with Gasteiger partial charge in [0.25, 0.3) is 11.6 Å². The Kier molecular flexibility index (Phi) is 38.2. The zero-order chi connectivity index (χ0) is 81.9. The van der Waals surface area contributed by atoms with Gasteiger partial charge in [0.1, 0.15) is 84.3 Å². The van der Waals surface area contributed by atoms with Crippen LogP contribution in [0.1, 0.15) is 195 Å². The van der Waals surface area contributed by atoms with Crippen LogP contribution in [-0.4, -0.2) is 195 Å². The summed E-state index contributed by atoms with van der Waals surface area (Å²) < 4.78 is 5.94. The lowest BCUT2D eigenvalue weighted by atomic mass is 9.95. The average molecular weight is 1520 g/mol. The fourth-order valence-corrected chi connectivity index (χ4v) is 12.2. The van der Waals surface area contributed by atoms with Gasteiger partial charge in [0.05, 0.1) is 11.0 Å². The van der Waals surface area contributed by atoms with Crippen LogP contribution in [0.25, 0.3) is 0 Å². The Bertz CT molecular complexity index is 3330. The molecule has 17 atom stereocenters. The number of amides is 13. The molecule has 2 saturated heterocycles. The van der Waals surface area contributed by atoms with Crippen LogP contribution in [0.2, 0.25) is 0 Å². The van der Waals surface area contributed by atoms with Gasteiger partial charge < -0.3 is 84.3 Å². The summed E-state index contributed by atoms with van der Waals surface area (Å²) in [7, 11) is 0. The van der Waals surface area contributed by atoms with Gasteiger partial charge in [-0.05, 0) is 112 Å². The van der Waals surface area contributed by atoms with E-state index in [0.717, 1.165) is 6.42 Å². The number of benzene rings is 1. The van der Waals surface area contributed by atoms with Crippen LogP contribution >= 0.6 is 0 Å². The van der Waals surface area contributed by atoms with Crippen molar-refractivity contribution >= 4 is 88.5 Å². The molecular formula is C75H123N15O18. The van der Waals surface area contributed by atoms with Crippen molar-refractivity contribution in [3.63, 3.8) is 0 Å². The van der Waals surface area contributed by atoms with Gasteiger partial charge in [0.2, 0.25) is 70.9 Å². The van der Waals surface area contributed by atoms with E-state index >= 15 is 9.59 Å². The summed E-state index contributed by atoms with van der Waals surface area (Å²) in [6.45, 7) is 31.2. The largest absolute Gasteiger partial charge is 0.458 e. The summed E-state index contributed by atoms with van der Waals surface area (Å²) in [6, 6.07) is -11.8. The van der Waals surface area contributed by atoms with Crippen molar-refractivity contribution in [1.82, 2.24) is 68.7 Å². The van der Waals surface area contributed by atoms with E-state index in [4.69, 9.17) is 10.5 Å². The first-order valence-electron chi connectivity index (χ1n) is 38.0. The lowest BCUT2D eigenvalue weighted by Gasteiger charge is -2.33. The van der Waals surface area contributed by atoms with E-state index in [9.17, 15) is 72.8 Å². The Hall–Kier alpha value is -9.14. The molecule has 0 unspecified atom stereocenters. The third kappa shape index (κ3) is 27.5. The molecule has 606 valence electrons. The quantitative estimate of drug-likeness (QED) is 0.0202. The standard InChI is InChI=1S/C75H123N15O18/c1-20-42(15)28-33-53(92)80-54(37(5)6)68(98)87-61(45(18)91)72(102)82-56(39(9)10)69(99)83-57(40(11)12)74(104)89-35-25-27-52(89)66(96)78-50(26-24-34-76)64(94)85-59(43(16)21-2)71(101)88-62-46(19)108-75(105)58(41(13)14)84-63(93)49(23-4)77-65(95)51(36-47-29-31-48(32-30-47)90(106)107)79-67(97)55(38(7)8)81-70(100)60(44(17)22-3)86-73(62)103/h23,29-32,37-46,50-52,54-62,91H,20-22,24-28,33-36,76H2,1-19H3,(H,77,95)(H,78,96)(H,79,97)(H,80,92)(H,81,100)(H,82,102)(H,83,99)(H,84,93)(H,85,94)(H,86,103)(H,87,98)(H,88,101)/b49-23-/t42-,43-,44-,45+,46+,50-,51-,52+,54+,55+,56-,57+,58-,59+,60+,61-,62+/m0/s1. The number of nitro benzene ring substituents is 1. The predicted molar refractivity (Wildman–Crippen MR) is 402 cm³/mol. The molecule has 0 radical (unpaired) electrons. The van der Waals surface area contributed by atoms with E-state index in [2.05, 4.69) is 63.8 Å². The van der Waals surface area contributed by atoms with E-state index < -0.39 is 208 Å². The van der Waals surface area contributed by atoms with Crippen LogP contribution in [-0.2, 0) is 78.3 Å². The van der Waals surface area contributed by atoms with Crippen LogP contribution < -0.4 is 69.5 Å². The molecule has 1 aromatic rings. The Labute approximate surface area is 634 Å². The topological polar surface area (TPSA) is 485 Å². The monoisotopic (exact) mass is 1520 g/mol. The van der Waals surface area contributed by atoms with Crippen molar-refractivity contribution in [2.24, 2.45) is 53.1 Å². The van der Waals surface area contributed by atoms with Crippen molar-refractivity contribution in [3.8, 4) is 0 Å². The molecule has 1 aromatic carbocycles. The fourth-order valence-electron chi connectivity index (χ4n) is 12.2. The minimum atomic E-state index is -1.87. The highest BCUT2D eigenvalue weighted by Crippen LogP contribution is 2.24. The number of cyclic esters (lactones) is 1. The molecule has 2 aliphatic heterocycles. The van der Waals surface area contributed by atoms with Gasteiger partial charge >= 0.3 is 5.97 Å². The van der Waals surface area contributed by atoms with E-state index in [1.54, 1.807) is 96.9 Å².